The van der Waals surface area contributed by atoms with Crippen molar-refractivity contribution in [3.8, 4) is 0 Å². The molecule has 0 fully saturated rings. The van der Waals surface area contributed by atoms with Crippen molar-refractivity contribution in [1.82, 2.24) is 0 Å². The van der Waals surface area contributed by atoms with Crippen LogP contribution in [0.25, 0.3) is 0 Å². The van der Waals surface area contributed by atoms with Crippen molar-refractivity contribution in [2.24, 2.45) is 16.2 Å². The molecule has 3 rings (SSSR count). The van der Waals surface area contributed by atoms with E-state index in [-0.39, 0.29) is 16.2 Å². The molecule has 0 bridgehead atoms. The van der Waals surface area contributed by atoms with Crippen molar-refractivity contribution >= 4 is 9.30 Å². The summed E-state index contributed by atoms with van der Waals surface area (Å²) in [5.41, 5.74) is 13.2. The Morgan fingerprint density at radius 1 is 0.438 bits per heavy atom. The van der Waals surface area contributed by atoms with Crippen molar-refractivity contribution in [3.05, 3.63) is 68.4 Å². The Balaban J connectivity index is 0.000000433. The van der Waals surface area contributed by atoms with E-state index in [0.717, 1.165) is 0 Å². The first-order valence-corrected chi connectivity index (χ1v) is 13.6. The second-order valence-electron chi connectivity index (χ2n) is 10.9. The van der Waals surface area contributed by atoms with Gasteiger partial charge in [0.05, 0.1) is 0 Å². The second kappa shape index (κ2) is 11.7. The molecule has 0 atom stereocenters. The van der Waals surface area contributed by atoms with E-state index in [2.05, 4.69) is 131 Å². The first-order valence-electron chi connectivity index (χ1n) is 11.4. The topological polar surface area (TPSA) is 0 Å². The molecule has 0 radical (unpaired) electrons. The number of hydrogen-bond acceptors (Lipinski definition) is 0. The van der Waals surface area contributed by atoms with Gasteiger partial charge in [0, 0.05) is 0 Å². The fourth-order valence-electron chi connectivity index (χ4n) is 4.22. The van der Waals surface area contributed by atoms with Crippen LogP contribution in [0.4, 0.5) is 0 Å². The molecule has 0 heterocycles. The Hall–Kier alpha value is -0.556. The third kappa shape index (κ3) is 7.48. The van der Waals surface area contributed by atoms with Gasteiger partial charge in [-0.15, -0.1) is 20.8 Å². The van der Waals surface area contributed by atoms with Gasteiger partial charge >= 0.3 is 28.7 Å². The van der Waals surface area contributed by atoms with Crippen LogP contribution in [0.5, 0.6) is 0 Å². The van der Waals surface area contributed by atoms with E-state index in [1.165, 1.54) is 69.5 Å². The summed E-state index contributed by atoms with van der Waals surface area (Å²) >= 11 is 1.47. The van der Waals surface area contributed by atoms with Crippen molar-refractivity contribution in [2.45, 2.75) is 104 Å². The van der Waals surface area contributed by atoms with Crippen LogP contribution in [0.3, 0.4) is 0 Å². The maximum atomic E-state index is 4.64. The zero-order valence-corrected chi connectivity index (χ0v) is 25.7. The van der Waals surface area contributed by atoms with Crippen LogP contribution in [0.2, 0.25) is 0 Å². The van der Waals surface area contributed by atoms with E-state index < -0.39 is 0 Å². The summed E-state index contributed by atoms with van der Waals surface area (Å²) in [7, 11) is 4.64. The minimum absolute atomic E-state index is 0.189. The van der Waals surface area contributed by atoms with Crippen LogP contribution in [-0.2, 0) is 19.4 Å². The van der Waals surface area contributed by atoms with Crippen LogP contribution in [-0.4, -0.2) is 0 Å². The summed E-state index contributed by atoms with van der Waals surface area (Å²) in [4.78, 5) is 0. The molecular formula is C30H45ClTi. The van der Waals surface area contributed by atoms with Crippen LogP contribution < -0.4 is 0 Å². The molecule has 0 amide bonds. The van der Waals surface area contributed by atoms with Gasteiger partial charge in [0.15, 0.2) is 0 Å². The number of halogens is 1. The van der Waals surface area contributed by atoms with E-state index in [1.807, 2.05) is 0 Å². The molecule has 0 saturated carbocycles. The van der Waals surface area contributed by atoms with Gasteiger partial charge in [-0.2, -0.15) is 33.4 Å². The molecule has 3 aliphatic carbocycles. The Labute approximate surface area is 216 Å². The average molecular weight is 489 g/mol. The zero-order valence-electron chi connectivity index (χ0n) is 23.4. The predicted octanol–water partition coefficient (Wildman–Crippen LogP) is 10.0. The fourth-order valence-corrected chi connectivity index (χ4v) is 4.22. The Morgan fingerprint density at radius 2 is 0.594 bits per heavy atom. The molecule has 3 aliphatic rings. The summed E-state index contributed by atoms with van der Waals surface area (Å²) in [6, 6.07) is 0. The van der Waals surface area contributed by atoms with Gasteiger partial charge in [0.1, 0.15) is 0 Å². The van der Waals surface area contributed by atoms with Crippen molar-refractivity contribution in [3.63, 3.8) is 0 Å². The molecule has 0 aromatic carbocycles. The fraction of sp³-hybridized carbons (Fsp3) is 0.600. The van der Waals surface area contributed by atoms with Gasteiger partial charge < -0.3 is 0 Å². The molecule has 2 heteroatoms. The standard InChI is InChI=1S/3C10H15.ClH.Ti/c3*1-7-6-10(4,5)9(3)8(7)2;;/h3*1-5H3;1H;/q3*-1;;+4/p-1. The zero-order chi connectivity index (χ0) is 25.8. The molecule has 0 N–H and O–H groups in total. The Morgan fingerprint density at radius 3 is 0.625 bits per heavy atom. The third-order valence-electron chi connectivity index (χ3n) is 7.69. The maximum absolute atomic E-state index is 4.64. The predicted molar refractivity (Wildman–Crippen MR) is 140 cm³/mol. The third-order valence-corrected chi connectivity index (χ3v) is 7.69. The molecule has 0 aliphatic heterocycles. The molecule has 0 nitrogen and oxygen atoms in total. The van der Waals surface area contributed by atoms with Gasteiger partial charge in [0.25, 0.3) is 0 Å². The van der Waals surface area contributed by atoms with Gasteiger partial charge in [-0.05, 0) is 0 Å². The molecule has 176 valence electrons. The SMILES string of the molecule is CC1=[C-]C(C)(C)C(C)=C1C.CC1=[C-]C(C)(C)C(C)=C1C.CC1=[C-]C(C)(C)C(C)=C1C.[Cl][Ti+3]. The quantitative estimate of drug-likeness (QED) is 0.235. The summed E-state index contributed by atoms with van der Waals surface area (Å²) < 4.78 is 0. The van der Waals surface area contributed by atoms with Crippen LogP contribution in [0.1, 0.15) is 104 Å². The van der Waals surface area contributed by atoms with Gasteiger partial charge in [-0.25, -0.2) is 16.7 Å². The monoisotopic (exact) mass is 488 g/mol. The van der Waals surface area contributed by atoms with E-state index in [9.17, 15) is 0 Å². The molecular weight excluding hydrogens is 444 g/mol. The van der Waals surface area contributed by atoms with Crippen molar-refractivity contribution in [1.29, 1.82) is 0 Å². The Kier molecular flexibility index (Phi) is 11.5. The first-order chi connectivity index (χ1) is 14.3. The molecule has 0 unspecified atom stereocenters. The van der Waals surface area contributed by atoms with Crippen molar-refractivity contribution < 1.29 is 19.4 Å². The van der Waals surface area contributed by atoms with Crippen molar-refractivity contribution in [2.75, 3.05) is 0 Å². The van der Waals surface area contributed by atoms with Crippen LogP contribution in [0.15, 0.2) is 50.2 Å². The Bertz CT molecular complexity index is 774. The summed E-state index contributed by atoms with van der Waals surface area (Å²) in [6.07, 6.45) is 10.3. The molecule has 0 aromatic heterocycles. The summed E-state index contributed by atoms with van der Waals surface area (Å²) in [6.45, 7) is 32.8. The number of hydrogen-bond donors (Lipinski definition) is 0. The van der Waals surface area contributed by atoms with E-state index >= 15 is 0 Å². The van der Waals surface area contributed by atoms with Gasteiger partial charge in [-0.3, -0.25) is 18.2 Å². The number of allylic oxidation sites excluding steroid dienone is 12. The molecule has 0 saturated heterocycles. The van der Waals surface area contributed by atoms with E-state index in [4.69, 9.17) is 0 Å². The van der Waals surface area contributed by atoms with E-state index in [0.29, 0.717) is 0 Å². The first kappa shape index (κ1) is 31.4. The van der Waals surface area contributed by atoms with Crippen LogP contribution in [0, 0.1) is 34.5 Å². The van der Waals surface area contributed by atoms with Gasteiger partial charge in [0.2, 0.25) is 0 Å². The summed E-state index contributed by atoms with van der Waals surface area (Å²) in [5.74, 6) is 0. The molecule has 0 spiro atoms. The van der Waals surface area contributed by atoms with Crippen LogP contribution >= 0.6 is 9.30 Å². The number of rotatable bonds is 0. The van der Waals surface area contributed by atoms with E-state index in [1.54, 1.807) is 0 Å². The summed E-state index contributed by atoms with van der Waals surface area (Å²) in [5, 5.41) is 0. The average Bonchev–Trinajstić information content (AvgIpc) is 3.07. The van der Waals surface area contributed by atoms with Gasteiger partial charge in [-0.1, -0.05) is 99.3 Å². The normalized spacial score (nSPS) is 22.2. The second-order valence-corrected chi connectivity index (χ2v) is 10.9. The molecule has 32 heavy (non-hydrogen) atoms. The molecule has 0 aromatic rings. The minimum atomic E-state index is 0.189.